The molecule has 1 aromatic rings. The molecular weight excluding hydrogens is 388 g/mol. The van der Waals surface area contributed by atoms with Gasteiger partial charge >= 0.3 is 6.09 Å². The normalized spacial score (nSPS) is 17.0. The van der Waals surface area contributed by atoms with Gasteiger partial charge in [-0.3, -0.25) is 14.9 Å². The predicted molar refractivity (Wildman–Crippen MR) is 114 cm³/mol. The van der Waals surface area contributed by atoms with E-state index in [1.165, 1.54) is 18.2 Å². The van der Waals surface area contributed by atoms with Crippen LogP contribution in [0.25, 0.3) is 0 Å². The van der Waals surface area contributed by atoms with E-state index in [0.717, 1.165) is 12.8 Å². The summed E-state index contributed by atoms with van der Waals surface area (Å²) in [6, 6.07) is 4.08. The Kier molecular flexibility index (Phi) is 7.28. The molecule has 166 valence electrons. The summed E-state index contributed by atoms with van der Waals surface area (Å²) in [6.07, 6.45) is 1.32. The van der Waals surface area contributed by atoms with Crippen LogP contribution in [0.3, 0.4) is 0 Å². The second-order valence-electron chi connectivity index (χ2n) is 9.02. The van der Waals surface area contributed by atoms with E-state index in [2.05, 4.69) is 0 Å². The van der Waals surface area contributed by atoms with Crippen molar-refractivity contribution >= 4 is 23.4 Å². The predicted octanol–water partition coefficient (Wildman–Crippen LogP) is 3.67. The van der Waals surface area contributed by atoms with Crippen LogP contribution in [0.1, 0.15) is 57.8 Å². The second kappa shape index (κ2) is 9.32. The summed E-state index contributed by atoms with van der Waals surface area (Å²) in [6.45, 7) is 10.9. The summed E-state index contributed by atoms with van der Waals surface area (Å²) in [5, 5.41) is 11.1. The average Bonchev–Trinajstić information content (AvgIpc) is 2.64. The van der Waals surface area contributed by atoms with Crippen molar-refractivity contribution in [3.63, 3.8) is 0 Å². The molecule has 1 atom stereocenters. The number of rotatable bonds is 5. The molecule has 2 N–H and O–H groups in total. The zero-order valence-electron chi connectivity index (χ0n) is 18.4. The lowest BCUT2D eigenvalue weighted by molar-refractivity contribution is -0.383. The molecule has 0 spiro atoms. The molecule has 0 aromatic heterocycles. The molecule has 2 rings (SSSR count). The van der Waals surface area contributed by atoms with Crippen LogP contribution in [-0.2, 0) is 4.74 Å². The Hall–Kier alpha value is -2.84. The number of benzene rings is 1. The van der Waals surface area contributed by atoms with Crippen molar-refractivity contribution < 1.29 is 19.2 Å². The van der Waals surface area contributed by atoms with Crippen LogP contribution < -0.4 is 5.73 Å². The van der Waals surface area contributed by atoms with Crippen molar-refractivity contribution in [3.05, 3.63) is 33.9 Å². The smallest absolute Gasteiger partial charge is 0.410 e. The second-order valence-corrected chi connectivity index (χ2v) is 9.02. The van der Waals surface area contributed by atoms with E-state index in [9.17, 15) is 19.7 Å². The van der Waals surface area contributed by atoms with Gasteiger partial charge in [-0.1, -0.05) is 0 Å². The number of anilines is 1. The fraction of sp³-hybridized carbons (Fsp3) is 0.619. The van der Waals surface area contributed by atoms with Crippen molar-refractivity contribution in [1.29, 1.82) is 0 Å². The molecule has 0 bridgehead atoms. The Balaban J connectivity index is 2.10. The average molecular weight is 421 g/mol. The van der Waals surface area contributed by atoms with E-state index in [4.69, 9.17) is 10.5 Å². The summed E-state index contributed by atoms with van der Waals surface area (Å²) in [5.74, 6) is -0.169. The van der Waals surface area contributed by atoms with Crippen molar-refractivity contribution in [2.75, 3.05) is 25.4 Å². The molecule has 1 saturated heterocycles. The molecule has 1 aliphatic rings. The minimum Gasteiger partial charge on any atom is -0.444 e. The molecule has 1 aromatic carbocycles. The van der Waals surface area contributed by atoms with Crippen LogP contribution in [0, 0.1) is 16.0 Å². The van der Waals surface area contributed by atoms with Crippen LogP contribution in [0.15, 0.2) is 18.2 Å². The third-order valence-corrected chi connectivity index (χ3v) is 4.99. The molecule has 9 heteroatoms. The molecule has 30 heavy (non-hydrogen) atoms. The first-order valence-corrected chi connectivity index (χ1v) is 10.2. The van der Waals surface area contributed by atoms with Crippen LogP contribution in [0.4, 0.5) is 16.2 Å². The number of likely N-dealkylation sites (tertiary alicyclic amines) is 1. The van der Waals surface area contributed by atoms with E-state index in [0.29, 0.717) is 19.6 Å². The van der Waals surface area contributed by atoms with E-state index < -0.39 is 10.5 Å². The third kappa shape index (κ3) is 6.08. The highest BCUT2D eigenvalue weighted by atomic mass is 16.6. The molecule has 9 nitrogen and oxygen atoms in total. The molecule has 2 amide bonds. The minimum absolute atomic E-state index is 0.0259. The maximum atomic E-state index is 12.9. The number of carbonyl (C=O) groups is 2. The lowest BCUT2D eigenvalue weighted by Crippen LogP contribution is -2.48. The summed E-state index contributed by atoms with van der Waals surface area (Å²) >= 11 is 0. The maximum Gasteiger partial charge on any atom is 0.410 e. The molecule has 1 heterocycles. The van der Waals surface area contributed by atoms with Crippen molar-refractivity contribution in [3.8, 4) is 0 Å². The molecule has 1 unspecified atom stereocenters. The molecule has 0 saturated carbocycles. The summed E-state index contributed by atoms with van der Waals surface area (Å²) in [4.78, 5) is 39.4. The number of nitrogens with two attached hydrogens (primary N) is 1. The molecular formula is C21H32N4O5. The summed E-state index contributed by atoms with van der Waals surface area (Å²) in [5.41, 5.74) is 5.04. The van der Waals surface area contributed by atoms with E-state index in [1.54, 1.807) is 9.80 Å². The van der Waals surface area contributed by atoms with Gasteiger partial charge in [0.05, 0.1) is 4.92 Å². The van der Waals surface area contributed by atoms with Gasteiger partial charge in [0, 0.05) is 37.3 Å². The number of nitrogens with zero attached hydrogens (tertiary/aromatic N) is 3. The number of nitro groups is 1. The van der Waals surface area contributed by atoms with Gasteiger partial charge in [0.15, 0.2) is 0 Å². The number of carbonyl (C=O) groups excluding carboxylic acids is 2. The first-order valence-electron chi connectivity index (χ1n) is 10.2. The molecule has 0 radical (unpaired) electrons. The van der Waals surface area contributed by atoms with E-state index >= 15 is 0 Å². The Morgan fingerprint density at radius 3 is 2.60 bits per heavy atom. The van der Waals surface area contributed by atoms with E-state index in [-0.39, 0.29) is 40.9 Å². The SMILES string of the molecule is CC(C)N(CC1CCCN(C(=O)c2ccc(N)c([N+](=O)[O-])c2)C1)C(=O)OC(C)(C)C. The number of ether oxygens (including phenoxy) is 1. The summed E-state index contributed by atoms with van der Waals surface area (Å²) < 4.78 is 5.52. The van der Waals surface area contributed by atoms with Gasteiger partial charge in [-0.05, 0) is 65.5 Å². The van der Waals surface area contributed by atoms with Gasteiger partial charge in [0.1, 0.15) is 11.3 Å². The quantitative estimate of drug-likeness (QED) is 0.441. The number of amides is 2. The zero-order valence-corrected chi connectivity index (χ0v) is 18.4. The minimum atomic E-state index is -0.591. The first-order chi connectivity index (χ1) is 13.9. The number of piperidine rings is 1. The lowest BCUT2D eigenvalue weighted by atomic mass is 9.96. The topological polar surface area (TPSA) is 119 Å². The monoisotopic (exact) mass is 420 g/mol. The third-order valence-electron chi connectivity index (χ3n) is 4.99. The Morgan fingerprint density at radius 1 is 1.37 bits per heavy atom. The number of hydrogen-bond donors (Lipinski definition) is 1. The van der Waals surface area contributed by atoms with Gasteiger partial charge < -0.3 is 20.3 Å². The zero-order chi connectivity index (χ0) is 22.6. The first kappa shape index (κ1) is 23.4. The maximum absolute atomic E-state index is 12.9. The Labute approximate surface area is 177 Å². The van der Waals surface area contributed by atoms with Crippen molar-refractivity contribution in [2.24, 2.45) is 5.92 Å². The van der Waals surface area contributed by atoms with Gasteiger partial charge in [0.2, 0.25) is 0 Å². The lowest BCUT2D eigenvalue weighted by Gasteiger charge is -2.37. The molecule has 1 fully saturated rings. The van der Waals surface area contributed by atoms with E-state index in [1.807, 2.05) is 34.6 Å². The van der Waals surface area contributed by atoms with Gasteiger partial charge in [0.25, 0.3) is 11.6 Å². The Bertz CT molecular complexity index is 803. The Morgan fingerprint density at radius 2 is 2.03 bits per heavy atom. The van der Waals surface area contributed by atoms with Crippen LogP contribution in [0.2, 0.25) is 0 Å². The van der Waals surface area contributed by atoms with Crippen LogP contribution in [-0.4, -0.2) is 58.0 Å². The highest BCUT2D eigenvalue weighted by molar-refractivity contribution is 5.95. The van der Waals surface area contributed by atoms with Crippen molar-refractivity contribution in [2.45, 2.75) is 59.1 Å². The largest absolute Gasteiger partial charge is 0.444 e. The van der Waals surface area contributed by atoms with Gasteiger partial charge in [-0.15, -0.1) is 0 Å². The van der Waals surface area contributed by atoms with Gasteiger partial charge in [-0.25, -0.2) is 4.79 Å². The molecule has 0 aliphatic carbocycles. The highest BCUT2D eigenvalue weighted by Crippen LogP contribution is 2.26. The van der Waals surface area contributed by atoms with Crippen LogP contribution >= 0.6 is 0 Å². The number of nitro benzene ring substituents is 1. The highest BCUT2D eigenvalue weighted by Gasteiger charge is 2.31. The van der Waals surface area contributed by atoms with Crippen molar-refractivity contribution in [1.82, 2.24) is 9.80 Å². The summed E-state index contributed by atoms with van der Waals surface area (Å²) in [7, 11) is 0. The number of hydrogen-bond acceptors (Lipinski definition) is 6. The van der Waals surface area contributed by atoms with Crippen LogP contribution in [0.5, 0.6) is 0 Å². The molecule has 1 aliphatic heterocycles. The fourth-order valence-corrected chi connectivity index (χ4v) is 3.51. The van der Waals surface area contributed by atoms with Gasteiger partial charge in [-0.2, -0.15) is 0 Å². The standard InChI is InChI=1S/C21H32N4O5/c1-14(2)24(20(27)30-21(3,4)5)13-15-7-6-10-23(12-15)19(26)16-8-9-17(22)18(11-16)25(28)29/h8-9,11,14-15H,6-7,10,12-13,22H2,1-5H3. The number of nitrogen functional groups attached to an aromatic ring is 1. The fourth-order valence-electron chi connectivity index (χ4n) is 3.51.